The maximum absolute atomic E-state index is 12.0. The molecular weight excluding hydrogens is 398 g/mol. The molecule has 0 spiro atoms. The van der Waals surface area contributed by atoms with E-state index in [2.05, 4.69) is 73.0 Å². The first-order valence-electron chi connectivity index (χ1n) is 11.5. The molecule has 0 saturated heterocycles. The van der Waals surface area contributed by atoms with Crippen LogP contribution in [0.1, 0.15) is 63.9 Å². The van der Waals surface area contributed by atoms with Crippen molar-refractivity contribution in [1.82, 2.24) is 0 Å². The van der Waals surface area contributed by atoms with Crippen LogP contribution in [0.15, 0.2) is 85.0 Å². The zero-order chi connectivity index (χ0) is 23.3. The van der Waals surface area contributed by atoms with Crippen LogP contribution in [0.2, 0.25) is 0 Å². The summed E-state index contributed by atoms with van der Waals surface area (Å²) in [6.45, 7) is 2.14. The minimum Gasteiger partial charge on any atom is -0.481 e. The second kappa shape index (κ2) is 18.6. The number of anilines is 1. The third-order valence-electron chi connectivity index (χ3n) is 4.50. The summed E-state index contributed by atoms with van der Waals surface area (Å²) >= 11 is 0. The largest absolute Gasteiger partial charge is 0.481 e. The van der Waals surface area contributed by atoms with Crippen LogP contribution >= 0.6 is 0 Å². The second-order valence-corrected chi connectivity index (χ2v) is 7.42. The molecule has 0 atom stereocenters. The highest BCUT2D eigenvalue weighted by Gasteiger charge is 2.04. The molecule has 0 heterocycles. The van der Waals surface area contributed by atoms with Gasteiger partial charge in [0.05, 0.1) is 6.42 Å². The summed E-state index contributed by atoms with van der Waals surface area (Å²) in [4.78, 5) is 22.8. The third kappa shape index (κ3) is 15.7. The zero-order valence-electron chi connectivity index (χ0n) is 19.2. The van der Waals surface area contributed by atoms with Crippen LogP contribution in [0.3, 0.4) is 0 Å². The Labute approximate surface area is 193 Å². The maximum atomic E-state index is 12.0. The van der Waals surface area contributed by atoms with Crippen molar-refractivity contribution in [2.75, 3.05) is 5.32 Å². The number of allylic oxidation sites excluding steroid dienone is 10. The van der Waals surface area contributed by atoms with Crippen molar-refractivity contribution in [2.45, 2.75) is 64.7 Å². The lowest BCUT2D eigenvalue weighted by molar-refractivity contribution is -0.136. The second-order valence-electron chi connectivity index (χ2n) is 7.42. The normalized spacial score (nSPS) is 12.2. The van der Waals surface area contributed by atoms with Crippen LogP contribution in [0.4, 0.5) is 5.69 Å². The summed E-state index contributed by atoms with van der Waals surface area (Å²) in [7, 11) is 0. The number of carbonyl (C=O) groups is 2. The molecule has 4 nitrogen and oxygen atoms in total. The predicted molar refractivity (Wildman–Crippen MR) is 135 cm³/mol. The van der Waals surface area contributed by atoms with E-state index in [-0.39, 0.29) is 12.3 Å². The number of carboxylic acids is 1. The fourth-order valence-electron chi connectivity index (χ4n) is 2.91. The van der Waals surface area contributed by atoms with Crippen molar-refractivity contribution in [3.05, 3.63) is 90.6 Å². The van der Waals surface area contributed by atoms with Gasteiger partial charge in [-0.2, -0.15) is 0 Å². The number of nitrogens with one attached hydrogen (secondary N) is 1. The fraction of sp³-hybridized carbons (Fsp3) is 0.357. The molecule has 0 saturated carbocycles. The van der Waals surface area contributed by atoms with Crippen molar-refractivity contribution in [1.29, 1.82) is 0 Å². The van der Waals surface area contributed by atoms with Gasteiger partial charge in [-0.3, -0.25) is 9.59 Å². The van der Waals surface area contributed by atoms with Crippen molar-refractivity contribution >= 4 is 17.6 Å². The highest BCUT2D eigenvalue weighted by atomic mass is 16.4. The SMILES string of the molecule is CCC=CCC=CCC=CCC=CCC=CCCCC(=O)Nc1cccc(CC(=O)O)c1. The van der Waals surface area contributed by atoms with E-state index in [0.29, 0.717) is 17.7 Å². The summed E-state index contributed by atoms with van der Waals surface area (Å²) in [6.07, 6.45) is 28.7. The Hall–Kier alpha value is -3.14. The highest BCUT2D eigenvalue weighted by Crippen LogP contribution is 2.12. The molecule has 0 bridgehead atoms. The lowest BCUT2D eigenvalue weighted by Gasteiger charge is -2.06. The Morgan fingerprint density at radius 1 is 0.844 bits per heavy atom. The van der Waals surface area contributed by atoms with Crippen molar-refractivity contribution < 1.29 is 14.7 Å². The van der Waals surface area contributed by atoms with Gasteiger partial charge in [-0.1, -0.05) is 79.8 Å². The van der Waals surface area contributed by atoms with Crippen LogP contribution in [0.5, 0.6) is 0 Å². The first-order valence-corrected chi connectivity index (χ1v) is 11.5. The van der Waals surface area contributed by atoms with Gasteiger partial charge >= 0.3 is 5.97 Å². The molecule has 172 valence electrons. The maximum Gasteiger partial charge on any atom is 0.307 e. The molecule has 0 unspecified atom stereocenters. The summed E-state index contributed by atoms with van der Waals surface area (Å²) < 4.78 is 0. The van der Waals surface area contributed by atoms with Crippen molar-refractivity contribution in [3.8, 4) is 0 Å². The average molecular weight is 436 g/mol. The van der Waals surface area contributed by atoms with Gasteiger partial charge in [0.1, 0.15) is 0 Å². The van der Waals surface area contributed by atoms with Crippen LogP contribution in [0, 0.1) is 0 Å². The highest BCUT2D eigenvalue weighted by molar-refractivity contribution is 5.90. The van der Waals surface area contributed by atoms with Gasteiger partial charge in [-0.25, -0.2) is 0 Å². The van der Waals surface area contributed by atoms with Crippen molar-refractivity contribution in [2.24, 2.45) is 0 Å². The third-order valence-corrected chi connectivity index (χ3v) is 4.50. The molecule has 32 heavy (non-hydrogen) atoms. The lowest BCUT2D eigenvalue weighted by atomic mass is 10.1. The molecule has 4 heteroatoms. The molecule has 0 aromatic heterocycles. The number of benzene rings is 1. The Kier molecular flexibility index (Phi) is 15.6. The summed E-state index contributed by atoms with van der Waals surface area (Å²) in [6, 6.07) is 6.97. The molecular formula is C28H37NO3. The number of rotatable bonds is 16. The predicted octanol–water partition coefficient (Wildman–Crippen LogP) is 7.17. The Bertz CT molecular complexity index is 816. The average Bonchev–Trinajstić information content (AvgIpc) is 2.75. The molecule has 1 amide bonds. The van der Waals surface area contributed by atoms with Gasteiger partial charge in [-0.05, 0) is 62.6 Å². The monoisotopic (exact) mass is 435 g/mol. The molecule has 0 aliphatic heterocycles. The topological polar surface area (TPSA) is 66.4 Å². The smallest absolute Gasteiger partial charge is 0.307 e. The zero-order valence-corrected chi connectivity index (χ0v) is 19.2. The van der Waals surface area contributed by atoms with Gasteiger partial charge in [0.15, 0.2) is 0 Å². The Morgan fingerprint density at radius 3 is 1.97 bits per heavy atom. The molecule has 0 aliphatic carbocycles. The van der Waals surface area contributed by atoms with Crippen LogP contribution in [-0.2, 0) is 16.0 Å². The summed E-state index contributed by atoms with van der Waals surface area (Å²) in [5.41, 5.74) is 1.32. The van der Waals surface area contributed by atoms with E-state index in [9.17, 15) is 9.59 Å². The number of hydrogen-bond acceptors (Lipinski definition) is 2. The molecule has 1 aromatic carbocycles. The number of amides is 1. The number of hydrogen-bond donors (Lipinski definition) is 2. The van der Waals surface area contributed by atoms with Crippen LogP contribution in [0.25, 0.3) is 0 Å². The van der Waals surface area contributed by atoms with E-state index in [1.807, 2.05) is 0 Å². The molecule has 0 aliphatic rings. The molecule has 1 rings (SSSR count). The van der Waals surface area contributed by atoms with Gasteiger partial charge in [0.2, 0.25) is 5.91 Å². The summed E-state index contributed by atoms with van der Waals surface area (Å²) in [5, 5.41) is 11.7. The van der Waals surface area contributed by atoms with Crippen molar-refractivity contribution in [3.63, 3.8) is 0 Å². The van der Waals surface area contributed by atoms with E-state index in [0.717, 1.165) is 44.9 Å². The molecule has 0 radical (unpaired) electrons. The Balaban J connectivity index is 2.09. The van der Waals surface area contributed by atoms with Gasteiger partial charge < -0.3 is 10.4 Å². The fourth-order valence-corrected chi connectivity index (χ4v) is 2.91. The van der Waals surface area contributed by atoms with E-state index >= 15 is 0 Å². The van der Waals surface area contributed by atoms with Crippen LogP contribution < -0.4 is 5.32 Å². The lowest BCUT2D eigenvalue weighted by Crippen LogP contribution is -2.11. The van der Waals surface area contributed by atoms with E-state index in [1.165, 1.54) is 0 Å². The molecule has 2 N–H and O–H groups in total. The van der Waals surface area contributed by atoms with E-state index in [4.69, 9.17) is 5.11 Å². The summed E-state index contributed by atoms with van der Waals surface area (Å²) in [5.74, 6) is -0.935. The first-order chi connectivity index (χ1) is 15.6. The minimum absolute atomic E-state index is 0.0478. The quantitative estimate of drug-likeness (QED) is 0.214. The minimum atomic E-state index is -0.884. The number of carbonyl (C=O) groups excluding carboxylic acids is 1. The standard InChI is InChI=1S/C28H37NO3/c1-2-3-4-5-6-7-8-9-10-11-12-13-14-15-16-17-18-22-27(30)29-26-21-19-20-25(23-26)24-28(31)32/h3-4,6-7,9-10,12-13,15-16,19-21,23H,2,5,8,11,14,17-18,22,24H2,1H3,(H,29,30)(H,31,32). The van der Waals surface area contributed by atoms with Gasteiger partial charge in [0.25, 0.3) is 0 Å². The molecule has 0 fully saturated rings. The van der Waals surface area contributed by atoms with Crippen LogP contribution in [-0.4, -0.2) is 17.0 Å². The molecule has 1 aromatic rings. The first kappa shape index (κ1) is 26.9. The van der Waals surface area contributed by atoms with Gasteiger partial charge in [-0.15, -0.1) is 0 Å². The number of carboxylic acid groups (broad SMARTS) is 1. The van der Waals surface area contributed by atoms with E-state index in [1.54, 1.807) is 24.3 Å². The van der Waals surface area contributed by atoms with Gasteiger partial charge in [0, 0.05) is 12.1 Å². The van der Waals surface area contributed by atoms with E-state index < -0.39 is 5.97 Å². The number of aliphatic carboxylic acids is 1. The Morgan fingerprint density at radius 2 is 1.41 bits per heavy atom. The number of unbranched alkanes of at least 4 members (excludes halogenated alkanes) is 1.